The molecule has 4 rings (SSSR count). The van der Waals surface area contributed by atoms with Gasteiger partial charge < -0.3 is 9.68 Å². The van der Waals surface area contributed by atoms with Crippen molar-refractivity contribution in [2.45, 2.75) is 0 Å². The topological polar surface area (TPSA) is 168 Å². The molecule has 0 fully saturated rings. The van der Waals surface area contributed by atoms with Crippen LogP contribution in [0.2, 0.25) is 0 Å². The zero-order valence-electron chi connectivity index (χ0n) is 23.3. The molecule has 2 aromatic heterocycles. The summed E-state index contributed by atoms with van der Waals surface area (Å²) in [5, 5.41) is 16.0. The number of hydrogen-bond donors (Lipinski definition) is 1. The molecule has 0 spiro atoms. The maximum atomic E-state index is 12.9. The molecule has 0 saturated carbocycles. The molecule has 15 nitrogen and oxygen atoms in total. The van der Waals surface area contributed by atoms with E-state index in [-0.39, 0.29) is 23.1 Å². The standard InChI is InChI=1S/C28H23N9O6/c1-7-17-9-13-19(14-10-17)29-31-21-23(38)34(3)27(40)36(5)25(21)42-33-43-26-22(24(39)35(4)28(41)37(26)6)32-30-20-15-11-18(8-2)12-16-20/h1-2,9-16,33H,3-6H3. The van der Waals surface area contributed by atoms with Gasteiger partial charge in [0.15, 0.2) is 0 Å². The summed E-state index contributed by atoms with van der Waals surface area (Å²) in [5.74, 6) is 4.18. The zero-order valence-corrected chi connectivity index (χ0v) is 23.3. The number of aromatic nitrogens is 4. The molecule has 2 aromatic carbocycles. The van der Waals surface area contributed by atoms with Crippen molar-refractivity contribution in [1.82, 2.24) is 23.9 Å². The summed E-state index contributed by atoms with van der Waals surface area (Å²) < 4.78 is 3.56. The Labute approximate surface area is 242 Å². The molecule has 0 aliphatic carbocycles. The van der Waals surface area contributed by atoms with Crippen molar-refractivity contribution < 1.29 is 9.68 Å². The first-order valence-electron chi connectivity index (χ1n) is 12.2. The Morgan fingerprint density at radius 1 is 0.581 bits per heavy atom. The maximum absolute atomic E-state index is 12.9. The molecule has 0 bridgehead atoms. The van der Waals surface area contributed by atoms with Crippen LogP contribution in [0.25, 0.3) is 0 Å². The van der Waals surface area contributed by atoms with Crippen LogP contribution >= 0.6 is 0 Å². The highest BCUT2D eigenvalue weighted by Gasteiger charge is 2.21. The molecular formula is C28H23N9O6. The summed E-state index contributed by atoms with van der Waals surface area (Å²) in [7, 11) is 5.15. The molecule has 0 unspecified atom stereocenters. The first kappa shape index (κ1) is 29.7. The van der Waals surface area contributed by atoms with Gasteiger partial charge in [-0.25, -0.2) is 9.59 Å². The van der Waals surface area contributed by atoms with Crippen molar-refractivity contribution in [2.75, 3.05) is 0 Å². The monoisotopic (exact) mass is 581 g/mol. The number of benzene rings is 2. The van der Waals surface area contributed by atoms with E-state index in [9.17, 15) is 19.2 Å². The molecule has 0 radical (unpaired) electrons. The fourth-order valence-corrected chi connectivity index (χ4v) is 3.58. The quantitative estimate of drug-likeness (QED) is 0.189. The Morgan fingerprint density at radius 3 is 1.26 bits per heavy atom. The van der Waals surface area contributed by atoms with Crippen molar-refractivity contribution in [3.05, 3.63) is 101 Å². The van der Waals surface area contributed by atoms with Crippen LogP contribution in [0.3, 0.4) is 0 Å². The Morgan fingerprint density at radius 2 is 0.930 bits per heavy atom. The van der Waals surface area contributed by atoms with Gasteiger partial charge in [-0.15, -0.1) is 23.1 Å². The molecule has 4 aromatic rings. The number of nitrogens with zero attached hydrogens (tertiary/aromatic N) is 8. The van der Waals surface area contributed by atoms with Crippen LogP contribution < -0.4 is 37.8 Å². The minimum atomic E-state index is -0.824. The molecule has 1 N–H and O–H groups in total. The van der Waals surface area contributed by atoms with Crippen molar-refractivity contribution >= 4 is 22.7 Å². The van der Waals surface area contributed by atoms with Crippen LogP contribution in [-0.2, 0) is 28.2 Å². The highest BCUT2D eigenvalue weighted by atomic mass is 16.9. The average Bonchev–Trinajstić information content (AvgIpc) is 3.03. The second-order valence-corrected chi connectivity index (χ2v) is 8.79. The molecule has 216 valence electrons. The van der Waals surface area contributed by atoms with Crippen LogP contribution in [0.1, 0.15) is 11.1 Å². The third-order valence-corrected chi connectivity index (χ3v) is 6.05. The molecular weight excluding hydrogens is 558 g/mol. The molecule has 15 heteroatoms. The second kappa shape index (κ2) is 12.5. The maximum Gasteiger partial charge on any atom is 0.333 e. The lowest BCUT2D eigenvalue weighted by Crippen LogP contribution is -2.40. The van der Waals surface area contributed by atoms with Gasteiger partial charge in [0.05, 0.1) is 11.4 Å². The summed E-state index contributed by atoms with van der Waals surface area (Å²) >= 11 is 0. The van der Waals surface area contributed by atoms with E-state index < -0.39 is 22.5 Å². The first-order chi connectivity index (χ1) is 20.6. The van der Waals surface area contributed by atoms with Crippen molar-refractivity contribution in [3.63, 3.8) is 0 Å². The Bertz CT molecular complexity index is 1940. The highest BCUT2D eigenvalue weighted by Crippen LogP contribution is 2.26. The molecule has 0 saturated heterocycles. The molecule has 2 heterocycles. The Kier molecular flexibility index (Phi) is 8.60. The van der Waals surface area contributed by atoms with E-state index in [4.69, 9.17) is 22.5 Å². The minimum Gasteiger partial charge on any atom is -0.352 e. The SMILES string of the molecule is C#Cc1ccc(N=Nc2c(ONOc3c(N=Nc4ccc(C#C)cc4)c(=O)n(C)c(=O)n3C)n(C)c(=O)n(C)c2=O)cc1. The van der Waals surface area contributed by atoms with Gasteiger partial charge in [-0.2, -0.15) is 10.2 Å². The van der Waals surface area contributed by atoms with E-state index in [2.05, 4.69) is 37.9 Å². The fourth-order valence-electron chi connectivity index (χ4n) is 3.58. The number of azo groups is 2. The summed E-state index contributed by atoms with van der Waals surface area (Å²) in [5.41, 5.74) is 0.189. The minimum absolute atomic E-state index is 0.365. The van der Waals surface area contributed by atoms with Crippen LogP contribution in [0.4, 0.5) is 22.7 Å². The van der Waals surface area contributed by atoms with E-state index in [0.717, 1.165) is 18.3 Å². The summed E-state index contributed by atoms with van der Waals surface area (Å²) in [4.78, 5) is 61.8. The van der Waals surface area contributed by atoms with Crippen LogP contribution in [-0.4, -0.2) is 18.3 Å². The molecule has 0 atom stereocenters. The predicted molar refractivity (Wildman–Crippen MR) is 155 cm³/mol. The number of terminal acetylenes is 2. The Balaban J connectivity index is 1.69. The third-order valence-electron chi connectivity index (χ3n) is 6.05. The number of hydrogen-bond acceptors (Lipinski definition) is 11. The smallest absolute Gasteiger partial charge is 0.333 e. The van der Waals surface area contributed by atoms with Gasteiger partial charge in [0.1, 0.15) is 0 Å². The van der Waals surface area contributed by atoms with E-state index in [1.54, 1.807) is 48.5 Å². The van der Waals surface area contributed by atoms with Gasteiger partial charge >= 0.3 is 11.4 Å². The highest BCUT2D eigenvalue weighted by molar-refractivity contribution is 5.49. The van der Waals surface area contributed by atoms with E-state index in [0.29, 0.717) is 22.5 Å². The van der Waals surface area contributed by atoms with Gasteiger partial charge in [-0.1, -0.05) is 11.8 Å². The van der Waals surface area contributed by atoms with E-state index >= 15 is 0 Å². The van der Waals surface area contributed by atoms with E-state index in [1.807, 2.05) is 0 Å². The van der Waals surface area contributed by atoms with E-state index in [1.165, 1.54) is 28.2 Å². The van der Waals surface area contributed by atoms with Gasteiger partial charge in [0.25, 0.3) is 22.9 Å². The lowest BCUT2D eigenvalue weighted by Gasteiger charge is -2.15. The predicted octanol–water partition coefficient (Wildman–Crippen LogP) is 2.15. The lowest BCUT2D eigenvalue weighted by atomic mass is 10.2. The summed E-state index contributed by atoms with van der Waals surface area (Å²) in [6, 6.07) is 12.9. The molecule has 0 aliphatic heterocycles. The Hall–Kier alpha value is -6.32. The van der Waals surface area contributed by atoms with Crippen LogP contribution in [0.5, 0.6) is 11.8 Å². The fraction of sp³-hybridized carbons (Fsp3) is 0.143. The normalized spacial score (nSPS) is 11.0. The van der Waals surface area contributed by atoms with Crippen molar-refractivity contribution in [2.24, 2.45) is 48.6 Å². The van der Waals surface area contributed by atoms with Crippen molar-refractivity contribution in [3.8, 4) is 36.4 Å². The number of rotatable bonds is 8. The van der Waals surface area contributed by atoms with Gasteiger partial charge in [0.2, 0.25) is 11.4 Å². The largest absolute Gasteiger partial charge is 0.352 e. The van der Waals surface area contributed by atoms with Gasteiger partial charge in [-0.3, -0.25) is 27.9 Å². The average molecular weight is 582 g/mol. The van der Waals surface area contributed by atoms with Gasteiger partial charge in [0, 0.05) is 45.0 Å². The van der Waals surface area contributed by atoms with Crippen LogP contribution in [0, 0.1) is 24.7 Å². The van der Waals surface area contributed by atoms with Crippen LogP contribution in [0.15, 0.2) is 88.2 Å². The molecule has 0 aliphatic rings. The lowest BCUT2D eigenvalue weighted by molar-refractivity contribution is -0.0314. The third kappa shape index (κ3) is 6.07. The number of nitrogens with one attached hydrogen (secondary N) is 1. The molecule has 43 heavy (non-hydrogen) atoms. The van der Waals surface area contributed by atoms with Gasteiger partial charge in [-0.05, 0) is 48.5 Å². The zero-order chi connectivity index (χ0) is 31.3. The first-order valence-corrected chi connectivity index (χ1v) is 12.2. The van der Waals surface area contributed by atoms with Crippen molar-refractivity contribution in [1.29, 1.82) is 0 Å². The summed E-state index contributed by atoms with van der Waals surface area (Å²) in [6.07, 6.45) is 10.7. The summed E-state index contributed by atoms with van der Waals surface area (Å²) in [6.45, 7) is 0. The second-order valence-electron chi connectivity index (χ2n) is 8.79. The molecule has 0 amide bonds.